The number of hydrogen-bond donors (Lipinski definition) is 4. The van der Waals surface area contributed by atoms with E-state index in [1.165, 1.54) is 0 Å². The maximum Gasteiger partial charge on any atom is 0.306 e. The molecule has 1 unspecified atom stereocenters. The van der Waals surface area contributed by atoms with Crippen molar-refractivity contribution in [3.05, 3.63) is 144 Å². The second-order valence-electron chi connectivity index (χ2n) is 15.9. The predicted octanol–water partition coefficient (Wildman–Crippen LogP) is 8.12. The second-order valence-corrected chi connectivity index (χ2v) is 15.9. The van der Waals surface area contributed by atoms with Crippen LogP contribution in [0.1, 0.15) is 47.9 Å². The number of hydrogen-bond acceptors (Lipinski definition) is 9. The first-order valence-electron chi connectivity index (χ1n) is 21.4. The summed E-state index contributed by atoms with van der Waals surface area (Å²) in [7, 11) is 0. The first kappa shape index (κ1) is 41.2. The van der Waals surface area contributed by atoms with Crippen molar-refractivity contribution in [2.24, 2.45) is 0 Å². The highest BCUT2D eigenvalue weighted by atomic mass is 16.7. The molecule has 4 N–H and O–H groups in total. The maximum atomic E-state index is 13.7. The third kappa shape index (κ3) is 9.53. The molecular weight excluding hydrogens is 801 g/mol. The van der Waals surface area contributed by atoms with Crippen LogP contribution >= 0.6 is 0 Å². The minimum absolute atomic E-state index is 0.0148. The van der Waals surface area contributed by atoms with Gasteiger partial charge in [-0.3, -0.25) is 19.2 Å². The van der Waals surface area contributed by atoms with Crippen LogP contribution < -0.4 is 0 Å². The first-order valence-corrected chi connectivity index (χ1v) is 21.4. The van der Waals surface area contributed by atoms with E-state index in [4.69, 9.17) is 23.7 Å². The number of aromatic amines is 4. The van der Waals surface area contributed by atoms with Crippen molar-refractivity contribution in [2.75, 3.05) is 13.2 Å². The number of rotatable bonds is 18. The Morgan fingerprint density at radius 2 is 0.889 bits per heavy atom. The minimum atomic E-state index is -1.20. The predicted molar refractivity (Wildman–Crippen MR) is 237 cm³/mol. The van der Waals surface area contributed by atoms with Gasteiger partial charge in [-0.1, -0.05) is 72.8 Å². The van der Waals surface area contributed by atoms with Gasteiger partial charge in [0.25, 0.3) is 0 Å². The summed E-state index contributed by atoms with van der Waals surface area (Å²) in [6.45, 7) is -0.511. The molecule has 5 heterocycles. The second kappa shape index (κ2) is 18.9. The zero-order valence-corrected chi connectivity index (χ0v) is 34.6. The van der Waals surface area contributed by atoms with E-state index >= 15 is 0 Å². The highest BCUT2D eigenvalue weighted by Crippen LogP contribution is 2.29. The van der Waals surface area contributed by atoms with Crippen LogP contribution in [0.4, 0.5) is 0 Å². The van der Waals surface area contributed by atoms with E-state index in [-0.39, 0.29) is 38.9 Å². The number of ether oxygens (including phenoxy) is 5. The number of H-pyrrole nitrogens is 4. The molecule has 0 radical (unpaired) electrons. The molecule has 322 valence electrons. The van der Waals surface area contributed by atoms with Gasteiger partial charge >= 0.3 is 23.9 Å². The zero-order valence-electron chi connectivity index (χ0n) is 34.6. The molecule has 9 rings (SSSR count). The number of carbonyl (C=O) groups is 4. The van der Waals surface area contributed by atoms with Crippen molar-refractivity contribution < 1.29 is 42.9 Å². The van der Waals surface area contributed by atoms with Gasteiger partial charge in [0.05, 0.1) is 6.61 Å². The van der Waals surface area contributed by atoms with Crippen LogP contribution in [0.2, 0.25) is 0 Å². The number of aryl methyl sites for hydroxylation is 4. The molecule has 4 aromatic carbocycles. The molecule has 1 fully saturated rings. The van der Waals surface area contributed by atoms with E-state index in [9.17, 15) is 19.2 Å². The van der Waals surface area contributed by atoms with Gasteiger partial charge in [0, 0.05) is 94.1 Å². The lowest BCUT2D eigenvalue weighted by Crippen LogP contribution is -2.47. The molecule has 0 aliphatic carbocycles. The topological polar surface area (TPSA) is 178 Å². The Balaban J connectivity index is 0.916. The molecule has 0 amide bonds. The summed E-state index contributed by atoms with van der Waals surface area (Å²) in [6.07, 6.45) is 4.76. The number of para-hydroxylation sites is 4. The monoisotopic (exact) mass is 848 g/mol. The molecule has 8 aromatic rings. The van der Waals surface area contributed by atoms with Crippen LogP contribution in [0.25, 0.3) is 43.6 Å². The summed E-state index contributed by atoms with van der Waals surface area (Å²) in [5, 5.41) is 4.03. The largest absolute Gasteiger partial charge is 0.462 e. The van der Waals surface area contributed by atoms with Crippen molar-refractivity contribution in [3.63, 3.8) is 0 Å². The van der Waals surface area contributed by atoms with Crippen LogP contribution in [0.3, 0.4) is 0 Å². The van der Waals surface area contributed by atoms with Gasteiger partial charge in [0.15, 0.2) is 18.3 Å². The van der Waals surface area contributed by atoms with Gasteiger partial charge in [0.1, 0.15) is 12.7 Å². The van der Waals surface area contributed by atoms with Crippen LogP contribution in [-0.4, -0.2) is 81.4 Å². The summed E-state index contributed by atoms with van der Waals surface area (Å²) in [4.78, 5) is 67.1. The van der Waals surface area contributed by atoms with Gasteiger partial charge in [-0.15, -0.1) is 0 Å². The van der Waals surface area contributed by atoms with Crippen molar-refractivity contribution >= 4 is 67.5 Å². The maximum absolute atomic E-state index is 13.7. The number of benzene rings is 4. The fraction of sp³-hybridized carbons (Fsp3) is 0.280. The Bertz CT molecular complexity index is 2890. The molecule has 1 aliphatic rings. The molecule has 13 nitrogen and oxygen atoms in total. The van der Waals surface area contributed by atoms with E-state index in [0.29, 0.717) is 25.7 Å². The van der Waals surface area contributed by atoms with Crippen LogP contribution in [0.15, 0.2) is 122 Å². The molecule has 0 bridgehead atoms. The summed E-state index contributed by atoms with van der Waals surface area (Å²) in [5.41, 5.74) is 7.67. The van der Waals surface area contributed by atoms with E-state index in [1.54, 1.807) is 0 Å². The van der Waals surface area contributed by atoms with Gasteiger partial charge in [-0.25, -0.2) is 0 Å². The third-order valence-corrected chi connectivity index (χ3v) is 11.8. The summed E-state index contributed by atoms with van der Waals surface area (Å²) < 4.78 is 30.2. The van der Waals surface area contributed by atoms with E-state index < -0.39 is 48.3 Å². The van der Waals surface area contributed by atoms with Gasteiger partial charge in [-0.2, -0.15) is 0 Å². The Morgan fingerprint density at radius 3 is 1.33 bits per heavy atom. The summed E-state index contributed by atoms with van der Waals surface area (Å²) in [5.74, 6) is -2.14. The molecule has 1 saturated heterocycles. The van der Waals surface area contributed by atoms with Gasteiger partial charge in [0.2, 0.25) is 0 Å². The summed E-state index contributed by atoms with van der Waals surface area (Å²) in [6, 6.07) is 31.3. The van der Waals surface area contributed by atoms with Crippen LogP contribution in [0, 0.1) is 0 Å². The average Bonchev–Trinajstić information content (AvgIpc) is 4.16. The molecule has 63 heavy (non-hydrogen) atoms. The van der Waals surface area contributed by atoms with E-state index in [2.05, 4.69) is 19.9 Å². The van der Waals surface area contributed by atoms with Crippen molar-refractivity contribution in [1.29, 1.82) is 0 Å². The minimum Gasteiger partial charge on any atom is -0.462 e. The zero-order chi connectivity index (χ0) is 43.1. The number of carbonyl (C=O) groups excluding carboxylic acids is 4. The molecule has 4 atom stereocenters. The molecule has 13 heteroatoms. The summed E-state index contributed by atoms with van der Waals surface area (Å²) >= 11 is 0. The number of esters is 4. The van der Waals surface area contributed by atoms with Gasteiger partial charge in [-0.05, 0) is 72.2 Å². The molecule has 0 saturated carbocycles. The van der Waals surface area contributed by atoms with E-state index in [0.717, 1.165) is 65.9 Å². The fourth-order valence-corrected chi connectivity index (χ4v) is 8.58. The van der Waals surface area contributed by atoms with E-state index in [1.807, 2.05) is 122 Å². The van der Waals surface area contributed by atoms with Gasteiger partial charge < -0.3 is 43.6 Å². The normalized spacial score (nSPS) is 16.7. The SMILES string of the molecule is O=C(CCc1c[nH]c2ccccc12)OC[C@@H](OC(=O)CCc1c[nH]c2ccccc12)C1OC[C@H](OC(=O)CCc2c[nH]c3ccccc23)[C@H]1OC(=O)CCc1c[nH]c2ccccc12. The van der Waals surface area contributed by atoms with Crippen molar-refractivity contribution in [2.45, 2.75) is 75.8 Å². The molecule has 4 aromatic heterocycles. The molecule has 0 spiro atoms. The van der Waals surface area contributed by atoms with Crippen LogP contribution in [0.5, 0.6) is 0 Å². The Morgan fingerprint density at radius 1 is 0.508 bits per heavy atom. The lowest BCUT2D eigenvalue weighted by molar-refractivity contribution is -0.179. The number of nitrogens with one attached hydrogen (secondary N) is 4. The average molecular weight is 849 g/mol. The Hall–Kier alpha value is -7.12. The van der Waals surface area contributed by atoms with Crippen molar-refractivity contribution in [1.82, 2.24) is 19.9 Å². The smallest absolute Gasteiger partial charge is 0.306 e. The third-order valence-electron chi connectivity index (χ3n) is 11.8. The Labute approximate surface area is 362 Å². The van der Waals surface area contributed by atoms with Crippen molar-refractivity contribution in [3.8, 4) is 0 Å². The lowest BCUT2D eigenvalue weighted by atomic mass is 10.0. The molecular formula is C50H48N4O9. The first-order chi connectivity index (χ1) is 30.9. The number of aromatic nitrogens is 4. The fourth-order valence-electron chi connectivity index (χ4n) is 8.58. The lowest BCUT2D eigenvalue weighted by Gasteiger charge is -2.28. The molecule has 1 aliphatic heterocycles. The quantitative estimate of drug-likeness (QED) is 0.0491. The standard InChI is InChI=1S/C50H48N4O9/c55-45(21-17-31-25-51-39-13-5-1-9-35(31)39)59-29-43(61-46(56)22-18-32-26-52-40-14-6-2-10-36(32)40)49-50(63-48(58)24-20-34-28-54-42-16-8-4-12-38(34)42)44(30-60-49)62-47(57)23-19-33-27-53-41-15-7-3-11-37(33)41/h1-16,25-28,43-44,49-54H,17-24,29-30H2/t43-,44+,49?,50-/m1/s1. The number of fused-ring (bicyclic) bond motifs is 4. The Kier molecular flexibility index (Phi) is 12.4. The highest BCUT2D eigenvalue weighted by molar-refractivity contribution is 5.86. The van der Waals surface area contributed by atoms with Crippen LogP contribution in [-0.2, 0) is 68.5 Å². The highest BCUT2D eigenvalue weighted by Gasteiger charge is 2.48.